The highest BCUT2D eigenvalue weighted by molar-refractivity contribution is 6.76. The second-order valence-corrected chi connectivity index (χ2v) is 44.9. The molecule has 25 nitrogen and oxygen atoms in total. The van der Waals surface area contributed by atoms with Gasteiger partial charge in [0.25, 0.3) is 0 Å². The van der Waals surface area contributed by atoms with E-state index < -0.39 is 14.0 Å². The van der Waals surface area contributed by atoms with E-state index in [1.165, 1.54) is 29.9 Å². The number of ether oxygens (including phenoxy) is 1. The largest absolute Gasteiger partial charge is 0.478 e. The molecule has 4 aliphatic heterocycles. The van der Waals surface area contributed by atoms with E-state index >= 15 is 8.78 Å². The molecule has 4 heterocycles. The second-order valence-electron chi connectivity index (χ2n) is 39.5. The number of halogens is 3. The van der Waals surface area contributed by atoms with Gasteiger partial charge in [-0.25, -0.2) is 18.0 Å². The summed E-state index contributed by atoms with van der Waals surface area (Å²) in [6.07, 6.45) is 8.56. The van der Waals surface area contributed by atoms with Crippen molar-refractivity contribution in [3.05, 3.63) is 190 Å². The number of para-hydroxylation sites is 3. The number of hydrogen-bond acceptors (Lipinski definition) is 19. The number of methoxy groups -OCH3 is 1. The van der Waals surface area contributed by atoms with Crippen molar-refractivity contribution in [3.8, 4) is 0 Å². The zero-order valence-corrected chi connectivity index (χ0v) is 86.0. The molecule has 4 fully saturated rings. The Morgan fingerprint density at radius 3 is 1.13 bits per heavy atom. The normalized spacial score (nSPS) is 16.2. The van der Waals surface area contributed by atoms with Crippen LogP contribution < -0.4 is 50.7 Å². The van der Waals surface area contributed by atoms with Crippen LogP contribution in [-0.4, -0.2) is 311 Å². The van der Waals surface area contributed by atoms with Gasteiger partial charge in [-0.05, 0) is 177 Å². The fourth-order valence-electron chi connectivity index (χ4n) is 16.5. The Kier molecular flexibility index (Phi) is 46.5. The van der Waals surface area contributed by atoms with E-state index in [-0.39, 0.29) is 94.7 Å². The van der Waals surface area contributed by atoms with Gasteiger partial charge in [0, 0.05) is 244 Å². The maximum absolute atomic E-state index is 15.5. The molecule has 6 aromatic carbocycles. The topological polar surface area (TPSA) is 222 Å². The number of amides is 5. The number of nitrogens with one attached hydrogen (secondary N) is 4. The Labute approximate surface area is 796 Å². The number of rotatable bonds is 36. The second kappa shape index (κ2) is 55.2. The van der Waals surface area contributed by atoms with Gasteiger partial charge in [-0.1, -0.05) is 134 Å². The van der Waals surface area contributed by atoms with Crippen molar-refractivity contribution >= 4 is 89.9 Å². The number of carboxylic acid groups (broad SMARTS) is 1. The maximum Gasteiger partial charge on any atom is 0.328 e. The summed E-state index contributed by atoms with van der Waals surface area (Å²) in [5.74, 6) is -1.33. The molecule has 5 atom stereocenters. The van der Waals surface area contributed by atoms with E-state index in [1.54, 1.807) is 42.4 Å². The zero-order chi connectivity index (χ0) is 98.7. The van der Waals surface area contributed by atoms with Crippen LogP contribution in [-0.2, 0) is 33.5 Å². The van der Waals surface area contributed by atoms with Crippen molar-refractivity contribution in [1.29, 1.82) is 0 Å². The molecule has 29 heteroatoms. The first-order valence-electron chi connectivity index (χ1n) is 47.4. The smallest absolute Gasteiger partial charge is 0.328 e. The number of benzene rings is 6. The fraction of sp³-hybridized carbons (Fsp3) is 0.558. The van der Waals surface area contributed by atoms with Crippen LogP contribution in [0.25, 0.3) is 12.2 Å². The third kappa shape index (κ3) is 36.7. The summed E-state index contributed by atoms with van der Waals surface area (Å²) in [5, 5.41) is 21.1. The summed E-state index contributed by atoms with van der Waals surface area (Å²) < 4.78 is 50.6. The highest BCUT2D eigenvalue weighted by atomic mass is 28.3. The molecule has 736 valence electrons. The minimum atomic E-state index is -0.974. The lowest BCUT2D eigenvalue weighted by Gasteiger charge is -2.39. The van der Waals surface area contributed by atoms with Gasteiger partial charge >= 0.3 is 5.97 Å². The fourth-order valence-corrected chi connectivity index (χ4v) is 18.2. The molecular weight excluding hydrogens is 1700 g/mol. The number of piperazine rings is 3. The summed E-state index contributed by atoms with van der Waals surface area (Å²) in [7, 11) is 24.4. The highest BCUT2D eigenvalue weighted by Crippen LogP contribution is 2.40. The molecule has 5 N–H and O–H groups in total. The highest BCUT2D eigenvalue weighted by Gasteiger charge is 2.43. The van der Waals surface area contributed by atoms with Gasteiger partial charge in [0.05, 0.1) is 55.9 Å². The standard InChI is InChI=1S/C35H53FN6O2.C30H42FN5O2.C19H31FN4O.C11H13NO2.C9H23NOSi/c1-24(2)33(37-32(43)16-17-38(5)6)28-10-9-11-31(36)34(28)40-18-20-41(21-19-40)35(44)30-23-42(25(3)4)22-29(30)26-12-14-27(15-13-26)39(7)8;1-22(2)29(32-27(37)16-17-33(3)4)25-8-7-9-26(31)30(25)36-20-18-35(19-21-36)28(38)15-12-23-10-13-24(14-11-23)34(5)6;1-14(2)18(22-17(25)8-11-23(3)4)15-6-5-7-16(20)19(15)24-12-9-21-10-13-24;1-12(2)10-6-3-9(4-7-10)5-8-11(13)14;1-9(2)10(7-11-3)8-12(4,5)6/h9-15,24-25,29-30,33H,16-23H2,1-8H3,(H,37,43);7-15,22,29H,16-21H2,1-6H3,(H,32,37);5-7,14,18,21H,8-13H2,1-4H3,(H,22,25);3-8H,1-2H3,(H,13,14);9H,7-8H2,1-6H3/b;15-12+;;8-5+;/t29-,30?,33+;29-;18-;;/m100../s1. The number of hydrogen-bond donors (Lipinski definition) is 5. The first kappa shape index (κ1) is 112. The van der Waals surface area contributed by atoms with Crippen molar-refractivity contribution in [2.45, 2.75) is 144 Å². The average Bonchev–Trinajstić information content (AvgIpc) is 1.73. The quantitative estimate of drug-likeness (QED) is 0.0140. The SMILES string of the molecule is CC(C)[C@H](NC(=O)CCN(C)C)c1cccc(F)c1N1CCN(C(=O)/C=C/c2ccc(N(C)C)cc2)CC1.CC(C)[C@H](NC(=O)CCN(C)C)c1cccc(F)c1N1CCN(C(=O)C2CN(C(C)C)C[C@@H]2c2ccc(N(C)C)cc2)CC1.CC(C)[C@H](NC(=O)CCN(C)C)c1cccc(F)c1N1CCNCC1.CN(C)c1ccc(/C=C/C(=O)O)cc1.COCN(C[Si](C)(C)C)C(C)C. The number of anilines is 6. The Morgan fingerprint density at radius 1 is 0.466 bits per heavy atom. The Bertz CT molecular complexity index is 4600. The molecule has 0 aromatic heterocycles. The monoisotopic (exact) mass is 1860 g/mol. The molecule has 6 aromatic rings. The number of aliphatic carboxylic acids is 1. The molecule has 4 saturated heterocycles. The van der Waals surface area contributed by atoms with E-state index in [4.69, 9.17) is 9.84 Å². The molecule has 1 unspecified atom stereocenters. The molecule has 10 rings (SSSR count). The Hall–Kier alpha value is -9.85. The minimum absolute atomic E-state index is 0.00271. The number of carbonyl (C=O) groups is 6. The van der Waals surface area contributed by atoms with Gasteiger partial charge < -0.3 is 85.0 Å². The van der Waals surface area contributed by atoms with Crippen molar-refractivity contribution < 1.29 is 51.8 Å². The van der Waals surface area contributed by atoms with Crippen molar-refractivity contribution in [2.24, 2.45) is 23.7 Å². The summed E-state index contributed by atoms with van der Waals surface area (Å²) in [4.78, 5) is 102. The summed E-state index contributed by atoms with van der Waals surface area (Å²) in [6.45, 7) is 40.1. The minimum Gasteiger partial charge on any atom is -0.478 e. The Balaban J connectivity index is 0.000000276. The number of carbonyl (C=O) groups excluding carboxylic acids is 5. The van der Waals surface area contributed by atoms with Crippen LogP contribution in [0.3, 0.4) is 0 Å². The molecule has 0 bridgehead atoms. The first-order chi connectivity index (χ1) is 62.8. The van der Waals surface area contributed by atoms with Crippen LogP contribution in [0.5, 0.6) is 0 Å². The average molecular weight is 1860 g/mol. The van der Waals surface area contributed by atoms with Gasteiger partial charge in [-0.2, -0.15) is 0 Å². The van der Waals surface area contributed by atoms with Crippen molar-refractivity contribution in [2.75, 3.05) is 245 Å². The molecule has 0 spiro atoms. The third-order valence-electron chi connectivity index (χ3n) is 24.2. The van der Waals surface area contributed by atoms with E-state index in [2.05, 4.69) is 145 Å². The van der Waals surface area contributed by atoms with Crippen LogP contribution in [0.1, 0.15) is 146 Å². The van der Waals surface area contributed by atoms with Gasteiger partial charge in [0.15, 0.2) is 0 Å². The van der Waals surface area contributed by atoms with E-state index in [0.29, 0.717) is 120 Å². The molecule has 5 amide bonds. The number of likely N-dealkylation sites (tertiary alicyclic amines) is 1. The number of carboxylic acids is 1. The number of nitrogens with zero attached hydrogens (tertiary/aromatic N) is 13. The summed E-state index contributed by atoms with van der Waals surface area (Å²) in [5.41, 5.74) is 10.5. The van der Waals surface area contributed by atoms with Crippen LogP contribution in [0, 0.1) is 41.1 Å². The van der Waals surface area contributed by atoms with Gasteiger partial charge in [0.1, 0.15) is 17.5 Å². The molecular formula is C104H162F3N17O8Si. The third-order valence-corrected chi connectivity index (χ3v) is 25.6. The van der Waals surface area contributed by atoms with Crippen LogP contribution >= 0.6 is 0 Å². The summed E-state index contributed by atoms with van der Waals surface area (Å²) >= 11 is 0. The van der Waals surface area contributed by atoms with Gasteiger partial charge in [0.2, 0.25) is 29.5 Å². The van der Waals surface area contributed by atoms with Gasteiger partial charge in [-0.15, -0.1) is 0 Å². The lowest BCUT2D eigenvalue weighted by molar-refractivity contribution is -0.136. The van der Waals surface area contributed by atoms with E-state index in [9.17, 15) is 33.2 Å². The molecule has 0 radical (unpaired) electrons. The van der Waals surface area contributed by atoms with Gasteiger partial charge in [-0.3, -0.25) is 33.8 Å². The van der Waals surface area contributed by atoms with Crippen LogP contribution in [0.4, 0.5) is 47.3 Å². The van der Waals surface area contributed by atoms with Crippen LogP contribution in [0.2, 0.25) is 19.6 Å². The summed E-state index contributed by atoms with van der Waals surface area (Å²) in [6, 6.07) is 39.8. The molecule has 0 aliphatic carbocycles. The van der Waals surface area contributed by atoms with Crippen LogP contribution in [0.15, 0.2) is 140 Å². The first-order valence-corrected chi connectivity index (χ1v) is 51.1. The van der Waals surface area contributed by atoms with E-state index in [0.717, 1.165) is 97.0 Å². The molecule has 4 aliphatic rings. The predicted octanol–water partition coefficient (Wildman–Crippen LogP) is 14.5. The zero-order valence-electron chi connectivity index (χ0n) is 85.0. The molecule has 0 saturated carbocycles. The predicted molar refractivity (Wildman–Crippen MR) is 547 cm³/mol. The lowest BCUT2D eigenvalue weighted by atomic mass is 9.87. The van der Waals surface area contributed by atoms with E-state index in [1.807, 2.05) is 206 Å². The maximum atomic E-state index is 15.5. The Morgan fingerprint density at radius 2 is 0.812 bits per heavy atom. The lowest BCUT2D eigenvalue weighted by Crippen LogP contribution is -2.52. The molecule has 133 heavy (non-hydrogen) atoms. The van der Waals surface area contributed by atoms with Crippen molar-refractivity contribution in [3.63, 3.8) is 0 Å². The van der Waals surface area contributed by atoms with Crippen molar-refractivity contribution in [1.82, 2.24) is 55.6 Å².